The Labute approximate surface area is 174 Å². The molecule has 0 fully saturated rings. The normalized spacial score (nSPS) is 17.3. The molecule has 2 atom stereocenters. The first-order valence-corrected chi connectivity index (χ1v) is 11.9. The van der Waals surface area contributed by atoms with Gasteiger partial charge in [0.25, 0.3) is 5.91 Å². The number of hydrogen-bond acceptors (Lipinski definition) is 3. The minimum absolute atomic E-state index is 0.115. The molecule has 1 heterocycles. The van der Waals surface area contributed by atoms with E-state index in [1.807, 2.05) is 19.9 Å². The molecule has 0 bridgehead atoms. The van der Waals surface area contributed by atoms with Crippen molar-refractivity contribution in [2.24, 2.45) is 5.92 Å². The van der Waals surface area contributed by atoms with Crippen LogP contribution in [-0.4, -0.2) is 26.6 Å². The molecule has 3 rings (SSSR count). The Morgan fingerprint density at radius 3 is 2.38 bits per heavy atom. The van der Waals surface area contributed by atoms with Gasteiger partial charge in [-0.15, -0.1) is 0 Å². The lowest BCUT2D eigenvalue weighted by Crippen LogP contribution is -2.34. The zero-order valence-corrected chi connectivity index (χ0v) is 18.6. The van der Waals surface area contributed by atoms with Crippen LogP contribution in [0.3, 0.4) is 0 Å². The number of nitrogens with one attached hydrogen (secondary N) is 1. The van der Waals surface area contributed by atoms with Gasteiger partial charge in [0.2, 0.25) is 10.0 Å². The van der Waals surface area contributed by atoms with Crippen LogP contribution in [0.2, 0.25) is 0 Å². The predicted octanol–water partition coefficient (Wildman–Crippen LogP) is 4.09. The van der Waals surface area contributed by atoms with Gasteiger partial charge in [0, 0.05) is 11.6 Å². The molecule has 2 aromatic rings. The molecule has 5 nitrogen and oxygen atoms in total. The number of benzene rings is 2. The largest absolute Gasteiger partial charge is 0.346 e. The third kappa shape index (κ3) is 4.81. The monoisotopic (exact) mass is 414 g/mol. The predicted molar refractivity (Wildman–Crippen MR) is 118 cm³/mol. The molecular formula is C23H30N2O3S. The number of amides is 1. The van der Waals surface area contributed by atoms with Crippen molar-refractivity contribution in [3.05, 3.63) is 64.7 Å². The lowest BCUT2D eigenvalue weighted by molar-refractivity contribution is 0.0940. The Bertz CT molecular complexity index is 997. The van der Waals surface area contributed by atoms with Crippen LogP contribution in [0.25, 0.3) is 0 Å². The van der Waals surface area contributed by atoms with Crippen LogP contribution in [0.4, 0.5) is 5.69 Å². The summed E-state index contributed by atoms with van der Waals surface area (Å²) in [5.41, 5.74) is 4.47. The highest BCUT2D eigenvalue weighted by Gasteiger charge is 2.32. The van der Waals surface area contributed by atoms with Crippen LogP contribution < -0.4 is 9.62 Å². The first-order valence-electron chi connectivity index (χ1n) is 10.1. The quantitative estimate of drug-likeness (QED) is 0.774. The highest BCUT2D eigenvalue weighted by Crippen LogP contribution is 2.34. The number of anilines is 1. The lowest BCUT2D eigenvalue weighted by atomic mass is 9.99. The summed E-state index contributed by atoms with van der Waals surface area (Å²) >= 11 is 0. The molecule has 1 aliphatic rings. The standard InChI is InChI=1S/C23H30N2O3S/c1-15(2)12-18-6-8-19(9-7-18)17(4)24-23(26)20-10-11-22-21(14-20)13-16(3)25(22)29(5,27)28/h6-11,14-17H,12-13H2,1-5H3,(H,24,26). The zero-order chi connectivity index (χ0) is 21.3. The summed E-state index contributed by atoms with van der Waals surface area (Å²) in [7, 11) is -3.33. The van der Waals surface area contributed by atoms with Crippen LogP contribution in [0.5, 0.6) is 0 Å². The van der Waals surface area contributed by atoms with E-state index in [2.05, 4.69) is 43.4 Å². The minimum atomic E-state index is -3.33. The van der Waals surface area contributed by atoms with E-state index in [1.165, 1.54) is 16.1 Å². The maximum Gasteiger partial charge on any atom is 0.251 e. The molecule has 29 heavy (non-hydrogen) atoms. The number of nitrogens with zero attached hydrogens (tertiary/aromatic N) is 1. The van der Waals surface area contributed by atoms with Gasteiger partial charge in [-0.2, -0.15) is 0 Å². The zero-order valence-electron chi connectivity index (χ0n) is 17.8. The second kappa shape index (κ2) is 8.19. The van der Waals surface area contributed by atoms with Gasteiger partial charge in [0.1, 0.15) is 0 Å². The van der Waals surface area contributed by atoms with Gasteiger partial charge in [-0.05, 0) is 67.5 Å². The van der Waals surface area contributed by atoms with Crippen molar-refractivity contribution < 1.29 is 13.2 Å². The molecule has 1 N–H and O–H groups in total. The molecule has 2 unspecified atom stereocenters. The molecule has 0 saturated heterocycles. The molecular weight excluding hydrogens is 384 g/mol. The summed E-state index contributed by atoms with van der Waals surface area (Å²) in [5, 5.41) is 3.05. The topological polar surface area (TPSA) is 66.5 Å². The lowest BCUT2D eigenvalue weighted by Gasteiger charge is -2.22. The summed E-state index contributed by atoms with van der Waals surface area (Å²) in [6.45, 7) is 8.24. The van der Waals surface area contributed by atoms with E-state index in [0.717, 1.165) is 17.5 Å². The summed E-state index contributed by atoms with van der Waals surface area (Å²) in [6.07, 6.45) is 2.86. The third-order valence-electron chi connectivity index (χ3n) is 5.32. The number of rotatable bonds is 6. The molecule has 0 saturated carbocycles. The molecule has 2 aromatic carbocycles. The SMILES string of the molecule is CC(C)Cc1ccc(C(C)NC(=O)c2ccc3c(c2)CC(C)N3S(C)(=O)=O)cc1. The number of carbonyl (C=O) groups excluding carboxylic acids is 1. The fraction of sp³-hybridized carbons (Fsp3) is 0.435. The van der Waals surface area contributed by atoms with E-state index in [1.54, 1.807) is 12.1 Å². The van der Waals surface area contributed by atoms with Crippen LogP contribution in [0, 0.1) is 5.92 Å². The number of fused-ring (bicyclic) bond motifs is 1. The van der Waals surface area contributed by atoms with Crippen molar-refractivity contribution >= 4 is 21.6 Å². The first-order chi connectivity index (χ1) is 13.6. The fourth-order valence-corrected chi connectivity index (χ4v) is 5.29. The number of carbonyl (C=O) groups is 1. The van der Waals surface area contributed by atoms with Gasteiger partial charge in [-0.3, -0.25) is 9.10 Å². The van der Waals surface area contributed by atoms with E-state index in [-0.39, 0.29) is 18.0 Å². The third-order valence-corrected chi connectivity index (χ3v) is 6.59. The van der Waals surface area contributed by atoms with Crippen LogP contribution in [0.1, 0.15) is 60.8 Å². The summed E-state index contributed by atoms with van der Waals surface area (Å²) in [4.78, 5) is 12.8. The maximum absolute atomic E-state index is 12.8. The molecule has 0 spiro atoms. The highest BCUT2D eigenvalue weighted by molar-refractivity contribution is 7.92. The van der Waals surface area contributed by atoms with Crippen LogP contribution in [0.15, 0.2) is 42.5 Å². The van der Waals surface area contributed by atoms with Gasteiger partial charge in [-0.25, -0.2) is 8.42 Å². The van der Waals surface area contributed by atoms with Gasteiger partial charge in [-0.1, -0.05) is 38.1 Å². The summed E-state index contributed by atoms with van der Waals surface area (Å²) < 4.78 is 25.6. The Balaban J connectivity index is 1.72. The van der Waals surface area contributed by atoms with E-state index in [0.29, 0.717) is 23.6 Å². The Morgan fingerprint density at radius 2 is 1.79 bits per heavy atom. The summed E-state index contributed by atoms with van der Waals surface area (Å²) in [6, 6.07) is 13.4. The van der Waals surface area contributed by atoms with Crippen molar-refractivity contribution in [3.8, 4) is 0 Å². The smallest absolute Gasteiger partial charge is 0.251 e. The Hall–Kier alpha value is -2.34. The van der Waals surface area contributed by atoms with Crippen molar-refractivity contribution in [1.29, 1.82) is 0 Å². The van der Waals surface area contributed by atoms with Crippen molar-refractivity contribution in [1.82, 2.24) is 5.32 Å². The van der Waals surface area contributed by atoms with Crippen molar-refractivity contribution in [2.75, 3.05) is 10.6 Å². The van der Waals surface area contributed by atoms with Crippen molar-refractivity contribution in [2.45, 2.75) is 52.6 Å². The number of hydrogen-bond donors (Lipinski definition) is 1. The van der Waals surface area contributed by atoms with E-state index < -0.39 is 10.0 Å². The highest BCUT2D eigenvalue weighted by atomic mass is 32.2. The Kier molecular flexibility index (Phi) is 6.03. The number of sulfonamides is 1. The molecule has 156 valence electrons. The van der Waals surface area contributed by atoms with E-state index in [9.17, 15) is 13.2 Å². The van der Waals surface area contributed by atoms with Gasteiger partial charge in [0.05, 0.1) is 18.0 Å². The van der Waals surface area contributed by atoms with Crippen molar-refractivity contribution in [3.63, 3.8) is 0 Å². The van der Waals surface area contributed by atoms with Crippen LogP contribution >= 0.6 is 0 Å². The second-order valence-corrected chi connectivity index (χ2v) is 10.3. The maximum atomic E-state index is 12.8. The molecule has 6 heteroatoms. The average molecular weight is 415 g/mol. The summed E-state index contributed by atoms with van der Waals surface area (Å²) in [5.74, 6) is 0.455. The molecule has 0 radical (unpaired) electrons. The molecule has 0 aromatic heterocycles. The second-order valence-electron chi connectivity index (χ2n) is 8.49. The molecule has 1 aliphatic heterocycles. The molecule has 0 aliphatic carbocycles. The van der Waals surface area contributed by atoms with Gasteiger partial charge < -0.3 is 5.32 Å². The minimum Gasteiger partial charge on any atom is -0.346 e. The average Bonchev–Trinajstić information content (AvgIpc) is 2.96. The van der Waals surface area contributed by atoms with E-state index >= 15 is 0 Å². The van der Waals surface area contributed by atoms with Gasteiger partial charge >= 0.3 is 0 Å². The van der Waals surface area contributed by atoms with Gasteiger partial charge in [0.15, 0.2) is 0 Å². The van der Waals surface area contributed by atoms with Crippen LogP contribution in [-0.2, 0) is 22.9 Å². The first kappa shape index (κ1) is 21.4. The Morgan fingerprint density at radius 1 is 1.14 bits per heavy atom. The molecule has 1 amide bonds. The van der Waals surface area contributed by atoms with E-state index in [4.69, 9.17) is 0 Å². The fourth-order valence-electron chi connectivity index (χ4n) is 4.03.